The van der Waals surface area contributed by atoms with Crippen LogP contribution < -0.4 is 0 Å². The molecule has 0 heterocycles. The Labute approximate surface area is 175 Å². The summed E-state index contributed by atoms with van der Waals surface area (Å²) >= 11 is 0. The smallest absolute Gasteiger partial charge is 0.103 e. The Bertz CT molecular complexity index is 428. The minimum Gasteiger partial charge on any atom is -0.247 e. The third-order valence-corrected chi connectivity index (χ3v) is 9.32. The maximum Gasteiger partial charge on any atom is 0.103 e. The first kappa shape index (κ1) is 22.6. The van der Waals surface area contributed by atoms with E-state index < -0.39 is 6.17 Å². The van der Waals surface area contributed by atoms with Crippen LogP contribution in [-0.2, 0) is 0 Å². The molecule has 164 valence electrons. The standard InChI is InChI=1S/C27H49F/c1-5-21(9-6-19(2)3)26-17-16-25(18-27(26)28)24-14-12-23(13-15-24)22-10-7-20(4)8-11-22/h19-27H,5-18H2,1-4H3. The first-order valence-electron chi connectivity index (χ1n) is 13.1. The molecule has 0 aliphatic heterocycles. The second-order valence-electron chi connectivity index (χ2n) is 11.6. The summed E-state index contributed by atoms with van der Waals surface area (Å²) in [5.74, 6) is 6.27. The van der Waals surface area contributed by atoms with Gasteiger partial charge in [-0.05, 0) is 112 Å². The summed E-state index contributed by atoms with van der Waals surface area (Å²) in [6.07, 6.45) is 18.2. The molecule has 4 atom stereocenters. The number of hydrogen-bond donors (Lipinski definition) is 0. The molecule has 0 aromatic carbocycles. The lowest BCUT2D eigenvalue weighted by Gasteiger charge is -2.43. The van der Waals surface area contributed by atoms with Crippen molar-refractivity contribution in [1.29, 1.82) is 0 Å². The van der Waals surface area contributed by atoms with Crippen LogP contribution in [0.1, 0.15) is 118 Å². The number of alkyl halides is 1. The van der Waals surface area contributed by atoms with E-state index in [-0.39, 0.29) is 0 Å². The summed E-state index contributed by atoms with van der Waals surface area (Å²) in [6, 6.07) is 0. The molecule has 3 aliphatic rings. The lowest BCUT2D eigenvalue weighted by molar-refractivity contribution is 0.0379. The molecule has 3 saturated carbocycles. The highest BCUT2D eigenvalue weighted by Gasteiger charge is 2.39. The zero-order valence-corrected chi connectivity index (χ0v) is 19.5. The zero-order valence-electron chi connectivity index (χ0n) is 19.5. The predicted octanol–water partition coefficient (Wildman–Crippen LogP) is 8.84. The Morgan fingerprint density at radius 3 is 1.71 bits per heavy atom. The second-order valence-corrected chi connectivity index (χ2v) is 11.6. The molecule has 0 nitrogen and oxygen atoms in total. The quantitative estimate of drug-likeness (QED) is 0.406. The molecule has 0 spiro atoms. The van der Waals surface area contributed by atoms with Gasteiger partial charge in [0.2, 0.25) is 0 Å². The van der Waals surface area contributed by atoms with Gasteiger partial charge in [0, 0.05) is 0 Å². The van der Waals surface area contributed by atoms with Crippen molar-refractivity contribution in [3.8, 4) is 0 Å². The van der Waals surface area contributed by atoms with Gasteiger partial charge in [-0.15, -0.1) is 0 Å². The first-order chi connectivity index (χ1) is 13.5. The van der Waals surface area contributed by atoms with E-state index in [9.17, 15) is 0 Å². The monoisotopic (exact) mass is 392 g/mol. The Balaban J connectivity index is 1.43. The van der Waals surface area contributed by atoms with Gasteiger partial charge < -0.3 is 0 Å². The number of rotatable bonds is 7. The van der Waals surface area contributed by atoms with Crippen molar-refractivity contribution >= 4 is 0 Å². The van der Waals surface area contributed by atoms with Crippen molar-refractivity contribution in [3.63, 3.8) is 0 Å². The fraction of sp³-hybridized carbons (Fsp3) is 1.00. The summed E-state index contributed by atoms with van der Waals surface area (Å²) in [6.45, 7) is 9.33. The van der Waals surface area contributed by atoms with E-state index >= 15 is 4.39 Å². The third-order valence-electron chi connectivity index (χ3n) is 9.32. The highest BCUT2D eigenvalue weighted by molar-refractivity contribution is 4.89. The SMILES string of the molecule is CCC(CCC(C)C)C1CCC(C2CCC(C3CCC(C)CC3)CC2)CC1F. The maximum absolute atomic E-state index is 15.2. The van der Waals surface area contributed by atoms with E-state index in [0.717, 1.165) is 36.0 Å². The van der Waals surface area contributed by atoms with Crippen LogP contribution in [0, 0.1) is 47.3 Å². The molecule has 0 amide bonds. The van der Waals surface area contributed by atoms with Crippen LogP contribution in [-0.4, -0.2) is 6.17 Å². The molecule has 4 unspecified atom stereocenters. The molecule has 0 aromatic rings. The van der Waals surface area contributed by atoms with Crippen molar-refractivity contribution in [2.24, 2.45) is 47.3 Å². The lowest BCUT2D eigenvalue weighted by Crippen LogP contribution is -2.36. The Morgan fingerprint density at radius 2 is 1.21 bits per heavy atom. The van der Waals surface area contributed by atoms with Crippen LogP contribution in [0.25, 0.3) is 0 Å². The maximum atomic E-state index is 15.2. The van der Waals surface area contributed by atoms with Gasteiger partial charge in [-0.1, -0.05) is 53.4 Å². The highest BCUT2D eigenvalue weighted by atomic mass is 19.1. The zero-order chi connectivity index (χ0) is 20.1. The van der Waals surface area contributed by atoms with E-state index in [4.69, 9.17) is 0 Å². The van der Waals surface area contributed by atoms with Gasteiger partial charge in [0.05, 0.1) is 0 Å². The molecule has 28 heavy (non-hydrogen) atoms. The molecule has 3 fully saturated rings. The van der Waals surface area contributed by atoms with E-state index in [0.29, 0.717) is 17.8 Å². The van der Waals surface area contributed by atoms with Crippen molar-refractivity contribution < 1.29 is 4.39 Å². The predicted molar refractivity (Wildman–Crippen MR) is 120 cm³/mol. The van der Waals surface area contributed by atoms with Gasteiger partial charge in [0.1, 0.15) is 6.17 Å². The lowest BCUT2D eigenvalue weighted by atomic mass is 9.63. The van der Waals surface area contributed by atoms with Crippen molar-refractivity contribution in [2.45, 2.75) is 124 Å². The second kappa shape index (κ2) is 10.8. The minimum absolute atomic E-state index is 0.362. The average Bonchev–Trinajstić information content (AvgIpc) is 2.70. The van der Waals surface area contributed by atoms with E-state index in [1.807, 2.05) is 0 Å². The number of halogens is 1. The van der Waals surface area contributed by atoms with Gasteiger partial charge in [-0.3, -0.25) is 0 Å². The van der Waals surface area contributed by atoms with E-state index in [1.165, 1.54) is 83.5 Å². The summed E-state index contributed by atoms with van der Waals surface area (Å²) in [7, 11) is 0. The van der Waals surface area contributed by atoms with Gasteiger partial charge in [-0.25, -0.2) is 4.39 Å². The van der Waals surface area contributed by atoms with Crippen molar-refractivity contribution in [3.05, 3.63) is 0 Å². The fourth-order valence-electron chi connectivity index (χ4n) is 7.24. The summed E-state index contributed by atoms with van der Waals surface area (Å²) in [5.41, 5.74) is 0. The topological polar surface area (TPSA) is 0 Å². The molecule has 0 N–H and O–H groups in total. The van der Waals surface area contributed by atoms with Gasteiger partial charge >= 0.3 is 0 Å². The third kappa shape index (κ3) is 5.98. The van der Waals surface area contributed by atoms with Gasteiger partial charge in [0.15, 0.2) is 0 Å². The minimum atomic E-state index is -0.520. The summed E-state index contributed by atoms with van der Waals surface area (Å²) in [4.78, 5) is 0. The molecule has 0 saturated heterocycles. The summed E-state index contributed by atoms with van der Waals surface area (Å²) < 4.78 is 15.2. The van der Waals surface area contributed by atoms with Crippen molar-refractivity contribution in [2.75, 3.05) is 0 Å². The van der Waals surface area contributed by atoms with E-state index in [1.54, 1.807) is 0 Å². The number of hydrogen-bond acceptors (Lipinski definition) is 0. The molecule has 0 aromatic heterocycles. The van der Waals surface area contributed by atoms with Crippen LogP contribution in [0.4, 0.5) is 4.39 Å². The largest absolute Gasteiger partial charge is 0.247 e. The first-order valence-corrected chi connectivity index (χ1v) is 13.1. The molecular weight excluding hydrogens is 343 g/mol. The van der Waals surface area contributed by atoms with Crippen LogP contribution in [0.5, 0.6) is 0 Å². The average molecular weight is 393 g/mol. The molecular formula is C27H49F. The highest BCUT2D eigenvalue weighted by Crippen LogP contribution is 2.47. The Kier molecular flexibility index (Phi) is 8.73. The summed E-state index contributed by atoms with van der Waals surface area (Å²) in [5, 5.41) is 0. The van der Waals surface area contributed by atoms with Crippen molar-refractivity contribution in [1.82, 2.24) is 0 Å². The van der Waals surface area contributed by atoms with Crippen LogP contribution >= 0.6 is 0 Å². The molecule has 3 rings (SSSR count). The normalized spacial score (nSPS) is 41.1. The van der Waals surface area contributed by atoms with Gasteiger partial charge in [-0.2, -0.15) is 0 Å². The molecule has 3 aliphatic carbocycles. The van der Waals surface area contributed by atoms with Crippen LogP contribution in [0.3, 0.4) is 0 Å². The molecule has 1 heteroatoms. The van der Waals surface area contributed by atoms with Crippen LogP contribution in [0.15, 0.2) is 0 Å². The van der Waals surface area contributed by atoms with Crippen LogP contribution in [0.2, 0.25) is 0 Å². The van der Waals surface area contributed by atoms with Gasteiger partial charge in [0.25, 0.3) is 0 Å². The molecule has 0 bridgehead atoms. The molecule has 0 radical (unpaired) electrons. The Morgan fingerprint density at radius 1 is 0.714 bits per heavy atom. The fourth-order valence-corrected chi connectivity index (χ4v) is 7.24. The van der Waals surface area contributed by atoms with E-state index in [2.05, 4.69) is 27.7 Å². The Hall–Kier alpha value is -0.0700.